The standard InChI is InChI=1S/C9H10O2.C2H4O2/c1-6-3-7(2)5-8(4-6)9(10)11;1-2(3)4/h3-5H,1-2H3,(H,10,11);1H3,(H,3,4). The lowest BCUT2D eigenvalue weighted by Crippen LogP contribution is -1.96. The summed E-state index contributed by atoms with van der Waals surface area (Å²) in [6, 6.07) is 5.27. The molecule has 0 radical (unpaired) electrons. The smallest absolute Gasteiger partial charge is 0.335 e. The summed E-state index contributed by atoms with van der Waals surface area (Å²) < 4.78 is 0. The Morgan fingerprint density at radius 1 is 1.00 bits per heavy atom. The number of rotatable bonds is 1. The first-order valence-corrected chi connectivity index (χ1v) is 4.34. The van der Waals surface area contributed by atoms with Crippen LogP contribution in [0.5, 0.6) is 0 Å². The van der Waals surface area contributed by atoms with Crippen LogP contribution in [0.2, 0.25) is 0 Å². The van der Waals surface area contributed by atoms with Crippen molar-refractivity contribution >= 4 is 11.9 Å². The third kappa shape index (κ3) is 6.26. The first-order chi connectivity index (χ1) is 6.82. The van der Waals surface area contributed by atoms with Crippen LogP contribution in [0.3, 0.4) is 0 Å². The molecular weight excluding hydrogens is 196 g/mol. The Morgan fingerprint density at radius 3 is 1.60 bits per heavy atom. The predicted molar refractivity (Wildman–Crippen MR) is 56.2 cm³/mol. The largest absolute Gasteiger partial charge is 0.481 e. The second-order valence-electron chi connectivity index (χ2n) is 3.20. The highest BCUT2D eigenvalue weighted by Crippen LogP contribution is 2.08. The van der Waals surface area contributed by atoms with Gasteiger partial charge in [0.1, 0.15) is 0 Å². The van der Waals surface area contributed by atoms with Crippen molar-refractivity contribution in [3.05, 3.63) is 34.9 Å². The number of carboxylic acids is 2. The molecule has 1 aromatic carbocycles. The summed E-state index contributed by atoms with van der Waals surface area (Å²) in [5, 5.41) is 16.1. The van der Waals surface area contributed by atoms with Crippen LogP contribution in [0.4, 0.5) is 0 Å². The van der Waals surface area contributed by atoms with Crippen LogP contribution in [0, 0.1) is 13.8 Å². The molecular formula is C11H14O4. The molecule has 0 amide bonds. The predicted octanol–water partition coefficient (Wildman–Crippen LogP) is 2.09. The van der Waals surface area contributed by atoms with Crippen molar-refractivity contribution in [2.45, 2.75) is 20.8 Å². The van der Waals surface area contributed by atoms with Gasteiger partial charge >= 0.3 is 5.97 Å². The molecule has 0 spiro atoms. The SMILES string of the molecule is CC(=O)O.Cc1cc(C)cc(C(=O)O)c1. The highest BCUT2D eigenvalue weighted by atomic mass is 16.4. The van der Waals surface area contributed by atoms with Crippen molar-refractivity contribution in [1.29, 1.82) is 0 Å². The zero-order valence-corrected chi connectivity index (χ0v) is 8.94. The summed E-state index contributed by atoms with van der Waals surface area (Å²) in [5.41, 5.74) is 2.34. The van der Waals surface area contributed by atoms with Crippen LogP contribution < -0.4 is 0 Å². The molecule has 0 heterocycles. The summed E-state index contributed by atoms with van der Waals surface area (Å²) in [7, 11) is 0. The minimum Gasteiger partial charge on any atom is -0.481 e. The quantitative estimate of drug-likeness (QED) is 0.744. The Morgan fingerprint density at radius 2 is 1.33 bits per heavy atom. The van der Waals surface area contributed by atoms with Crippen LogP contribution in [0.15, 0.2) is 18.2 Å². The van der Waals surface area contributed by atoms with Gasteiger partial charge in [-0.05, 0) is 26.0 Å². The van der Waals surface area contributed by atoms with Crippen molar-refractivity contribution in [1.82, 2.24) is 0 Å². The van der Waals surface area contributed by atoms with E-state index in [1.54, 1.807) is 12.1 Å². The van der Waals surface area contributed by atoms with Gasteiger partial charge < -0.3 is 10.2 Å². The van der Waals surface area contributed by atoms with Gasteiger partial charge in [-0.15, -0.1) is 0 Å². The van der Waals surface area contributed by atoms with Crippen LogP contribution in [-0.4, -0.2) is 22.2 Å². The van der Waals surface area contributed by atoms with Gasteiger partial charge in [-0.1, -0.05) is 17.2 Å². The van der Waals surface area contributed by atoms with Gasteiger partial charge in [0.2, 0.25) is 0 Å². The molecule has 2 N–H and O–H groups in total. The Labute approximate surface area is 88.2 Å². The van der Waals surface area contributed by atoms with Gasteiger partial charge in [-0.3, -0.25) is 4.79 Å². The highest BCUT2D eigenvalue weighted by molar-refractivity contribution is 5.88. The number of aryl methyl sites for hydroxylation is 2. The average molecular weight is 210 g/mol. The highest BCUT2D eigenvalue weighted by Gasteiger charge is 2.02. The molecule has 0 saturated heterocycles. The van der Waals surface area contributed by atoms with Crippen LogP contribution >= 0.6 is 0 Å². The topological polar surface area (TPSA) is 74.6 Å². The number of hydrogen-bond donors (Lipinski definition) is 2. The van der Waals surface area contributed by atoms with E-state index in [1.165, 1.54) is 0 Å². The maximum absolute atomic E-state index is 10.5. The van der Waals surface area contributed by atoms with Crippen molar-refractivity contribution in [2.24, 2.45) is 0 Å². The van der Waals surface area contributed by atoms with Crippen molar-refractivity contribution in [3.8, 4) is 0 Å². The Hall–Kier alpha value is -1.84. The summed E-state index contributed by atoms with van der Waals surface area (Å²) >= 11 is 0. The monoisotopic (exact) mass is 210 g/mol. The van der Waals surface area contributed by atoms with E-state index in [1.807, 2.05) is 19.9 Å². The van der Waals surface area contributed by atoms with E-state index in [9.17, 15) is 4.79 Å². The van der Waals surface area contributed by atoms with Crippen molar-refractivity contribution < 1.29 is 19.8 Å². The molecule has 0 aromatic heterocycles. The first-order valence-electron chi connectivity index (χ1n) is 4.34. The minimum atomic E-state index is -0.864. The number of benzene rings is 1. The second-order valence-corrected chi connectivity index (χ2v) is 3.20. The molecule has 0 aliphatic rings. The van der Waals surface area contributed by atoms with Gasteiger partial charge in [-0.2, -0.15) is 0 Å². The first kappa shape index (κ1) is 13.2. The summed E-state index contributed by atoms with van der Waals surface area (Å²) in [4.78, 5) is 19.5. The molecule has 4 heteroatoms. The second kappa shape index (κ2) is 5.80. The molecule has 1 rings (SSSR count). The molecule has 1 aromatic rings. The number of carboxylic acid groups (broad SMARTS) is 2. The third-order valence-corrected chi connectivity index (χ3v) is 1.47. The third-order valence-electron chi connectivity index (χ3n) is 1.47. The fourth-order valence-corrected chi connectivity index (χ4v) is 1.10. The molecule has 0 fully saturated rings. The van der Waals surface area contributed by atoms with E-state index in [0.717, 1.165) is 18.1 Å². The molecule has 0 bridgehead atoms. The zero-order chi connectivity index (χ0) is 12.0. The number of carbonyl (C=O) groups is 2. The van der Waals surface area contributed by atoms with E-state index in [4.69, 9.17) is 15.0 Å². The van der Waals surface area contributed by atoms with Gasteiger partial charge in [0.05, 0.1) is 5.56 Å². The zero-order valence-electron chi connectivity index (χ0n) is 8.94. The summed E-state index contributed by atoms with van der Waals surface area (Å²) in [6.45, 7) is 4.86. The number of hydrogen-bond acceptors (Lipinski definition) is 2. The normalized spacial score (nSPS) is 8.73. The van der Waals surface area contributed by atoms with Crippen molar-refractivity contribution in [3.63, 3.8) is 0 Å². The molecule has 15 heavy (non-hydrogen) atoms. The fourth-order valence-electron chi connectivity index (χ4n) is 1.10. The van der Waals surface area contributed by atoms with Crippen molar-refractivity contribution in [2.75, 3.05) is 0 Å². The van der Waals surface area contributed by atoms with Gasteiger partial charge in [0, 0.05) is 6.92 Å². The van der Waals surface area contributed by atoms with Crippen LogP contribution in [-0.2, 0) is 4.79 Å². The maximum Gasteiger partial charge on any atom is 0.335 e. The van der Waals surface area contributed by atoms with Gasteiger partial charge in [0.15, 0.2) is 0 Å². The van der Waals surface area contributed by atoms with E-state index < -0.39 is 11.9 Å². The van der Waals surface area contributed by atoms with Crippen LogP contribution in [0.1, 0.15) is 28.4 Å². The fraction of sp³-hybridized carbons (Fsp3) is 0.273. The molecule has 4 nitrogen and oxygen atoms in total. The lowest BCUT2D eigenvalue weighted by Gasteiger charge is -1.98. The van der Waals surface area contributed by atoms with E-state index in [-0.39, 0.29) is 0 Å². The minimum absolute atomic E-state index is 0.363. The molecule has 82 valence electrons. The Bertz CT molecular complexity index is 345. The number of aromatic carboxylic acids is 1. The van der Waals surface area contributed by atoms with E-state index in [0.29, 0.717) is 5.56 Å². The van der Waals surface area contributed by atoms with Gasteiger partial charge in [0.25, 0.3) is 5.97 Å². The summed E-state index contributed by atoms with van der Waals surface area (Å²) in [6.07, 6.45) is 0. The molecule has 0 saturated carbocycles. The molecule has 0 atom stereocenters. The molecule has 0 aliphatic heterocycles. The number of aliphatic carboxylic acids is 1. The average Bonchev–Trinajstić information content (AvgIpc) is 2.00. The van der Waals surface area contributed by atoms with Gasteiger partial charge in [-0.25, -0.2) is 4.79 Å². The molecule has 0 unspecified atom stereocenters. The van der Waals surface area contributed by atoms with Crippen LogP contribution in [0.25, 0.3) is 0 Å². The maximum atomic E-state index is 10.5. The Balaban J connectivity index is 0.000000423. The lowest BCUT2D eigenvalue weighted by molar-refractivity contribution is -0.134. The molecule has 0 aliphatic carbocycles. The van der Waals surface area contributed by atoms with E-state index >= 15 is 0 Å². The summed E-state index contributed by atoms with van der Waals surface area (Å²) in [5.74, 6) is -1.70. The van der Waals surface area contributed by atoms with E-state index in [2.05, 4.69) is 0 Å². The lowest BCUT2D eigenvalue weighted by atomic mass is 10.1. The Kier molecular flexibility index (Phi) is 5.09.